The summed E-state index contributed by atoms with van der Waals surface area (Å²) in [5, 5.41) is 2.93. The number of carbonyl (C=O) groups is 1. The SMILES string of the molecule is C#CC(CCC)NC(=O)C1CC=CCC1. The van der Waals surface area contributed by atoms with E-state index in [1.165, 1.54) is 0 Å². The van der Waals surface area contributed by atoms with Gasteiger partial charge in [0.05, 0.1) is 6.04 Å². The third kappa shape index (κ3) is 3.79. The topological polar surface area (TPSA) is 29.1 Å². The molecule has 1 rings (SSSR count). The minimum absolute atomic E-state index is 0.0894. The fraction of sp³-hybridized carbons (Fsp3) is 0.615. The van der Waals surface area contributed by atoms with Crippen LogP contribution >= 0.6 is 0 Å². The zero-order valence-corrected chi connectivity index (χ0v) is 9.33. The molecule has 0 bridgehead atoms. The molecule has 0 saturated carbocycles. The summed E-state index contributed by atoms with van der Waals surface area (Å²) >= 11 is 0. The molecule has 2 heteroatoms. The lowest BCUT2D eigenvalue weighted by atomic mass is 9.93. The largest absolute Gasteiger partial charge is 0.342 e. The molecule has 2 nitrogen and oxygen atoms in total. The normalized spacial score (nSPS) is 21.7. The first-order valence-electron chi connectivity index (χ1n) is 5.69. The van der Waals surface area contributed by atoms with Crippen LogP contribution in [0.15, 0.2) is 12.2 Å². The van der Waals surface area contributed by atoms with Gasteiger partial charge in [0.1, 0.15) is 0 Å². The molecule has 0 fully saturated rings. The lowest BCUT2D eigenvalue weighted by Crippen LogP contribution is -2.38. The average Bonchev–Trinajstić information content (AvgIpc) is 2.29. The molecule has 0 radical (unpaired) electrons. The molecular weight excluding hydrogens is 186 g/mol. The van der Waals surface area contributed by atoms with Crippen molar-refractivity contribution in [3.8, 4) is 12.3 Å². The van der Waals surface area contributed by atoms with E-state index in [9.17, 15) is 4.79 Å². The predicted molar refractivity (Wildman–Crippen MR) is 62.2 cm³/mol. The molecule has 2 atom stereocenters. The first kappa shape index (κ1) is 11.8. The van der Waals surface area contributed by atoms with E-state index in [1.807, 2.05) is 0 Å². The number of terminal acetylenes is 1. The summed E-state index contributed by atoms with van der Waals surface area (Å²) in [6.45, 7) is 2.07. The fourth-order valence-electron chi connectivity index (χ4n) is 1.81. The fourth-order valence-corrected chi connectivity index (χ4v) is 1.81. The molecule has 0 aromatic rings. The number of rotatable bonds is 4. The van der Waals surface area contributed by atoms with Crippen LogP contribution in [0, 0.1) is 18.3 Å². The summed E-state index contributed by atoms with van der Waals surface area (Å²) in [6.07, 6.45) is 14.3. The van der Waals surface area contributed by atoms with Gasteiger partial charge >= 0.3 is 0 Å². The summed E-state index contributed by atoms with van der Waals surface area (Å²) in [5.74, 6) is 2.87. The van der Waals surface area contributed by atoms with Crippen molar-refractivity contribution in [2.45, 2.75) is 45.1 Å². The molecule has 2 unspecified atom stereocenters. The van der Waals surface area contributed by atoms with Crippen molar-refractivity contribution < 1.29 is 4.79 Å². The van der Waals surface area contributed by atoms with E-state index in [4.69, 9.17) is 6.42 Å². The molecule has 0 aromatic heterocycles. The number of amides is 1. The van der Waals surface area contributed by atoms with Crippen LogP contribution < -0.4 is 5.32 Å². The second-order valence-corrected chi connectivity index (χ2v) is 4.00. The van der Waals surface area contributed by atoms with Crippen LogP contribution in [0.3, 0.4) is 0 Å². The molecule has 0 aliphatic heterocycles. The van der Waals surface area contributed by atoms with Crippen LogP contribution in [0.2, 0.25) is 0 Å². The van der Waals surface area contributed by atoms with Crippen LogP contribution in [0.1, 0.15) is 39.0 Å². The van der Waals surface area contributed by atoms with Gasteiger partial charge in [-0.15, -0.1) is 6.42 Å². The predicted octanol–water partition coefficient (Wildman–Crippen LogP) is 2.26. The second kappa shape index (κ2) is 6.29. The highest BCUT2D eigenvalue weighted by atomic mass is 16.1. The molecule has 1 amide bonds. The van der Waals surface area contributed by atoms with Crippen molar-refractivity contribution >= 4 is 5.91 Å². The Hall–Kier alpha value is -1.23. The van der Waals surface area contributed by atoms with Crippen LogP contribution in [-0.2, 0) is 4.79 Å². The summed E-state index contributed by atoms with van der Waals surface area (Å²) in [4.78, 5) is 11.8. The van der Waals surface area contributed by atoms with Crippen molar-refractivity contribution in [3.05, 3.63) is 12.2 Å². The monoisotopic (exact) mass is 205 g/mol. The molecule has 1 aliphatic rings. The Balaban J connectivity index is 2.40. The molecule has 1 N–H and O–H groups in total. The Kier molecular flexibility index (Phi) is 4.97. The summed E-state index contributed by atoms with van der Waals surface area (Å²) in [7, 11) is 0. The van der Waals surface area contributed by atoms with E-state index < -0.39 is 0 Å². The highest BCUT2D eigenvalue weighted by molar-refractivity contribution is 5.79. The summed E-state index contributed by atoms with van der Waals surface area (Å²) < 4.78 is 0. The molecule has 82 valence electrons. The highest BCUT2D eigenvalue weighted by Crippen LogP contribution is 2.18. The van der Waals surface area contributed by atoms with Crippen LogP contribution in [0.25, 0.3) is 0 Å². The van der Waals surface area contributed by atoms with Gasteiger partial charge in [0.25, 0.3) is 0 Å². The maximum atomic E-state index is 11.8. The van der Waals surface area contributed by atoms with E-state index >= 15 is 0 Å². The minimum Gasteiger partial charge on any atom is -0.342 e. The molecule has 15 heavy (non-hydrogen) atoms. The van der Waals surface area contributed by atoms with Gasteiger partial charge in [-0.3, -0.25) is 4.79 Å². The van der Waals surface area contributed by atoms with Gasteiger partial charge in [0.15, 0.2) is 0 Å². The average molecular weight is 205 g/mol. The van der Waals surface area contributed by atoms with Gasteiger partial charge in [-0.2, -0.15) is 0 Å². The van der Waals surface area contributed by atoms with E-state index in [0.717, 1.165) is 32.1 Å². The van der Waals surface area contributed by atoms with Gasteiger partial charge in [0.2, 0.25) is 5.91 Å². The molecular formula is C13H19NO. The summed E-state index contributed by atoms with van der Waals surface area (Å²) in [6, 6.07) is -0.0894. The van der Waals surface area contributed by atoms with Crippen molar-refractivity contribution in [2.75, 3.05) is 0 Å². The number of hydrogen-bond acceptors (Lipinski definition) is 1. The van der Waals surface area contributed by atoms with Crippen molar-refractivity contribution in [3.63, 3.8) is 0 Å². The van der Waals surface area contributed by atoms with Gasteiger partial charge in [-0.1, -0.05) is 31.4 Å². The van der Waals surface area contributed by atoms with Gasteiger partial charge in [-0.05, 0) is 25.7 Å². The molecule has 0 heterocycles. The Morgan fingerprint density at radius 2 is 2.47 bits per heavy atom. The zero-order valence-electron chi connectivity index (χ0n) is 9.33. The Labute approximate surface area is 92.1 Å². The maximum absolute atomic E-state index is 11.8. The van der Waals surface area contributed by atoms with Crippen molar-refractivity contribution in [2.24, 2.45) is 5.92 Å². The lowest BCUT2D eigenvalue weighted by molar-refractivity contribution is -0.125. The standard InChI is InChI=1S/C13H19NO/c1-3-8-12(4-2)14-13(15)11-9-6-5-7-10-11/h2,5-6,11-12H,3,7-10H2,1H3,(H,14,15). The Morgan fingerprint density at radius 1 is 1.67 bits per heavy atom. The van der Waals surface area contributed by atoms with E-state index in [0.29, 0.717) is 0 Å². The van der Waals surface area contributed by atoms with Crippen LogP contribution in [0.4, 0.5) is 0 Å². The van der Waals surface area contributed by atoms with Crippen LogP contribution in [-0.4, -0.2) is 11.9 Å². The van der Waals surface area contributed by atoms with E-state index in [2.05, 4.69) is 30.3 Å². The highest BCUT2D eigenvalue weighted by Gasteiger charge is 2.20. The van der Waals surface area contributed by atoms with E-state index in [1.54, 1.807) is 0 Å². The number of hydrogen-bond donors (Lipinski definition) is 1. The first-order valence-corrected chi connectivity index (χ1v) is 5.69. The zero-order chi connectivity index (χ0) is 11.1. The summed E-state index contributed by atoms with van der Waals surface area (Å²) in [5.41, 5.74) is 0. The van der Waals surface area contributed by atoms with Crippen LogP contribution in [0.5, 0.6) is 0 Å². The third-order valence-corrected chi connectivity index (χ3v) is 2.73. The molecule has 0 aromatic carbocycles. The Morgan fingerprint density at radius 3 is 3.00 bits per heavy atom. The smallest absolute Gasteiger partial charge is 0.224 e. The second-order valence-electron chi connectivity index (χ2n) is 4.00. The minimum atomic E-state index is -0.0894. The quantitative estimate of drug-likeness (QED) is 0.553. The van der Waals surface area contributed by atoms with Crippen molar-refractivity contribution in [1.29, 1.82) is 0 Å². The molecule has 0 saturated heterocycles. The molecule has 0 spiro atoms. The molecule has 1 aliphatic carbocycles. The van der Waals surface area contributed by atoms with Gasteiger partial charge < -0.3 is 5.32 Å². The van der Waals surface area contributed by atoms with Gasteiger partial charge in [0, 0.05) is 5.92 Å². The van der Waals surface area contributed by atoms with E-state index in [-0.39, 0.29) is 17.9 Å². The number of nitrogens with one attached hydrogen (secondary N) is 1. The lowest BCUT2D eigenvalue weighted by Gasteiger charge is -2.20. The number of carbonyl (C=O) groups excluding carboxylic acids is 1. The Bertz CT molecular complexity index is 275. The van der Waals surface area contributed by atoms with Crippen molar-refractivity contribution in [1.82, 2.24) is 5.32 Å². The maximum Gasteiger partial charge on any atom is 0.224 e. The van der Waals surface area contributed by atoms with Gasteiger partial charge in [-0.25, -0.2) is 0 Å². The number of allylic oxidation sites excluding steroid dienone is 2. The third-order valence-electron chi connectivity index (χ3n) is 2.73. The first-order chi connectivity index (χ1) is 7.27.